The summed E-state index contributed by atoms with van der Waals surface area (Å²) in [6, 6.07) is 6.15. The number of anilines is 1. The first-order valence-corrected chi connectivity index (χ1v) is 8.08. The van der Waals surface area contributed by atoms with Crippen molar-refractivity contribution in [1.29, 1.82) is 0 Å². The number of likely N-dealkylation sites (tertiary alicyclic amines) is 1. The van der Waals surface area contributed by atoms with Gasteiger partial charge in [-0.05, 0) is 44.2 Å². The third-order valence-corrected chi connectivity index (χ3v) is 4.91. The summed E-state index contributed by atoms with van der Waals surface area (Å²) in [5.41, 5.74) is 9.43. The highest BCUT2D eigenvalue weighted by atomic mass is 35.5. The number of aryl methyl sites for hydroxylation is 2. The molecule has 0 aliphatic carbocycles. The van der Waals surface area contributed by atoms with Gasteiger partial charge in [0.25, 0.3) is 0 Å². The Morgan fingerprint density at radius 1 is 1.39 bits per heavy atom. The van der Waals surface area contributed by atoms with Crippen LogP contribution in [-0.2, 0) is 4.79 Å². The Labute approximate surface area is 146 Å². The lowest BCUT2D eigenvalue weighted by Crippen LogP contribution is -2.56. The first kappa shape index (κ1) is 19.9. The molecule has 130 valence electrons. The minimum absolute atomic E-state index is 0. The highest BCUT2D eigenvalue weighted by Gasteiger charge is 2.36. The molecule has 1 amide bonds. The van der Waals surface area contributed by atoms with E-state index in [0.717, 1.165) is 30.8 Å². The van der Waals surface area contributed by atoms with E-state index in [2.05, 4.69) is 37.1 Å². The standard InChI is InChI=1S/C18H29N3O.ClH/c1-12-6-7-15(13(2)10-12)20-17(22)14(3)21-9-8-16(19)18(4,5)11-21;/h6-7,10,14,16H,8-9,11,19H2,1-5H3,(H,20,22);1H. The maximum Gasteiger partial charge on any atom is 0.241 e. The quantitative estimate of drug-likeness (QED) is 0.889. The van der Waals surface area contributed by atoms with Crippen LogP contribution in [0.5, 0.6) is 0 Å². The maximum atomic E-state index is 12.6. The molecule has 2 atom stereocenters. The summed E-state index contributed by atoms with van der Waals surface area (Å²) in [6.45, 7) is 12.2. The van der Waals surface area contributed by atoms with Crippen LogP contribution >= 0.6 is 12.4 Å². The molecular formula is C18H30ClN3O. The largest absolute Gasteiger partial charge is 0.327 e. The number of carbonyl (C=O) groups excluding carboxylic acids is 1. The molecule has 3 N–H and O–H groups in total. The molecule has 0 bridgehead atoms. The molecule has 4 nitrogen and oxygen atoms in total. The summed E-state index contributed by atoms with van der Waals surface area (Å²) < 4.78 is 0. The van der Waals surface area contributed by atoms with E-state index in [0.29, 0.717) is 0 Å². The summed E-state index contributed by atoms with van der Waals surface area (Å²) in [5, 5.41) is 3.06. The molecule has 0 saturated carbocycles. The molecule has 2 rings (SSSR count). The zero-order valence-corrected chi connectivity index (χ0v) is 15.7. The smallest absolute Gasteiger partial charge is 0.241 e. The molecule has 1 heterocycles. The predicted molar refractivity (Wildman–Crippen MR) is 99.2 cm³/mol. The van der Waals surface area contributed by atoms with Crippen LogP contribution in [0, 0.1) is 19.3 Å². The first-order chi connectivity index (χ1) is 10.2. The number of piperidine rings is 1. The fourth-order valence-electron chi connectivity index (χ4n) is 3.10. The number of rotatable bonds is 3. The number of benzene rings is 1. The molecule has 0 spiro atoms. The number of nitrogens with one attached hydrogen (secondary N) is 1. The zero-order chi connectivity index (χ0) is 16.5. The van der Waals surface area contributed by atoms with Crippen molar-refractivity contribution in [3.63, 3.8) is 0 Å². The zero-order valence-electron chi connectivity index (χ0n) is 14.8. The molecule has 1 fully saturated rings. The van der Waals surface area contributed by atoms with Crippen LogP contribution in [-0.4, -0.2) is 36.0 Å². The summed E-state index contributed by atoms with van der Waals surface area (Å²) in [6.07, 6.45) is 0.939. The van der Waals surface area contributed by atoms with Crippen molar-refractivity contribution < 1.29 is 4.79 Å². The van der Waals surface area contributed by atoms with E-state index in [4.69, 9.17) is 5.73 Å². The van der Waals surface area contributed by atoms with Crippen LogP contribution in [0.3, 0.4) is 0 Å². The Balaban J connectivity index is 0.00000264. The van der Waals surface area contributed by atoms with Gasteiger partial charge >= 0.3 is 0 Å². The van der Waals surface area contributed by atoms with Crippen LogP contribution < -0.4 is 11.1 Å². The highest BCUT2D eigenvalue weighted by molar-refractivity contribution is 5.95. The van der Waals surface area contributed by atoms with E-state index >= 15 is 0 Å². The van der Waals surface area contributed by atoms with Gasteiger partial charge in [-0.2, -0.15) is 0 Å². The average molecular weight is 340 g/mol. The molecule has 1 aliphatic heterocycles. The second-order valence-corrected chi connectivity index (χ2v) is 7.34. The van der Waals surface area contributed by atoms with Crippen molar-refractivity contribution in [2.24, 2.45) is 11.1 Å². The molecular weight excluding hydrogens is 310 g/mol. The number of nitrogens with zero attached hydrogens (tertiary/aromatic N) is 1. The van der Waals surface area contributed by atoms with Gasteiger partial charge in [0.15, 0.2) is 0 Å². The van der Waals surface area contributed by atoms with E-state index in [9.17, 15) is 4.79 Å². The van der Waals surface area contributed by atoms with Crippen LogP contribution in [0.25, 0.3) is 0 Å². The fraction of sp³-hybridized carbons (Fsp3) is 0.611. The van der Waals surface area contributed by atoms with Gasteiger partial charge in [0.1, 0.15) is 0 Å². The summed E-state index contributed by atoms with van der Waals surface area (Å²) in [5.74, 6) is 0.0539. The lowest BCUT2D eigenvalue weighted by atomic mass is 9.79. The first-order valence-electron chi connectivity index (χ1n) is 8.08. The Kier molecular flexibility index (Phi) is 6.63. The number of hydrogen-bond donors (Lipinski definition) is 2. The normalized spacial score (nSPS) is 22.1. The van der Waals surface area contributed by atoms with E-state index in [-0.39, 0.29) is 35.8 Å². The Bertz CT molecular complexity index is 559. The maximum absolute atomic E-state index is 12.6. The third kappa shape index (κ3) is 4.69. The molecule has 23 heavy (non-hydrogen) atoms. The SMILES string of the molecule is Cc1ccc(NC(=O)C(C)N2CCC(N)C(C)(C)C2)c(C)c1.Cl. The summed E-state index contributed by atoms with van der Waals surface area (Å²) in [7, 11) is 0. The van der Waals surface area contributed by atoms with Crippen LogP contribution in [0.2, 0.25) is 0 Å². The van der Waals surface area contributed by atoms with E-state index in [1.807, 2.05) is 26.0 Å². The third-order valence-electron chi connectivity index (χ3n) is 4.91. The second kappa shape index (κ2) is 7.65. The van der Waals surface area contributed by atoms with Gasteiger partial charge < -0.3 is 11.1 Å². The minimum atomic E-state index is -0.146. The van der Waals surface area contributed by atoms with Crippen molar-refractivity contribution >= 4 is 24.0 Å². The number of halogens is 1. The Hall–Kier alpha value is -1.10. The van der Waals surface area contributed by atoms with Gasteiger partial charge in [0.05, 0.1) is 6.04 Å². The van der Waals surface area contributed by atoms with Crippen molar-refractivity contribution in [3.05, 3.63) is 29.3 Å². The van der Waals surface area contributed by atoms with Crippen molar-refractivity contribution in [2.45, 2.75) is 53.1 Å². The van der Waals surface area contributed by atoms with E-state index in [1.165, 1.54) is 5.56 Å². The summed E-state index contributed by atoms with van der Waals surface area (Å²) in [4.78, 5) is 14.8. The van der Waals surface area contributed by atoms with Crippen LogP contribution in [0.15, 0.2) is 18.2 Å². The number of amides is 1. The lowest BCUT2D eigenvalue weighted by molar-refractivity contribution is -0.122. The monoisotopic (exact) mass is 339 g/mol. The molecule has 1 saturated heterocycles. The Morgan fingerprint density at radius 2 is 2.04 bits per heavy atom. The van der Waals surface area contributed by atoms with Crippen molar-refractivity contribution in [1.82, 2.24) is 4.90 Å². The number of carbonyl (C=O) groups is 1. The number of nitrogens with two attached hydrogens (primary N) is 1. The molecule has 1 aromatic rings. The average Bonchev–Trinajstić information content (AvgIpc) is 2.44. The number of hydrogen-bond acceptors (Lipinski definition) is 3. The van der Waals surface area contributed by atoms with Crippen molar-refractivity contribution in [3.8, 4) is 0 Å². The van der Waals surface area contributed by atoms with Crippen LogP contribution in [0.4, 0.5) is 5.69 Å². The summed E-state index contributed by atoms with van der Waals surface area (Å²) >= 11 is 0. The minimum Gasteiger partial charge on any atom is -0.327 e. The fourth-order valence-corrected chi connectivity index (χ4v) is 3.10. The molecule has 0 radical (unpaired) electrons. The Morgan fingerprint density at radius 3 is 2.61 bits per heavy atom. The molecule has 1 aromatic carbocycles. The molecule has 0 aromatic heterocycles. The predicted octanol–water partition coefficient (Wildman–Crippen LogP) is 3.11. The molecule has 5 heteroatoms. The van der Waals surface area contributed by atoms with Crippen LogP contribution in [0.1, 0.15) is 38.3 Å². The van der Waals surface area contributed by atoms with Gasteiger partial charge in [-0.1, -0.05) is 31.5 Å². The van der Waals surface area contributed by atoms with Crippen molar-refractivity contribution in [2.75, 3.05) is 18.4 Å². The highest BCUT2D eigenvalue weighted by Crippen LogP contribution is 2.29. The van der Waals surface area contributed by atoms with Gasteiger partial charge in [-0.25, -0.2) is 0 Å². The van der Waals surface area contributed by atoms with E-state index < -0.39 is 0 Å². The topological polar surface area (TPSA) is 58.4 Å². The van der Waals surface area contributed by atoms with E-state index in [1.54, 1.807) is 0 Å². The molecule has 1 aliphatic rings. The van der Waals surface area contributed by atoms with Gasteiger partial charge in [-0.3, -0.25) is 9.69 Å². The lowest BCUT2D eigenvalue weighted by Gasteiger charge is -2.44. The van der Waals surface area contributed by atoms with Gasteiger partial charge in [0, 0.05) is 24.8 Å². The van der Waals surface area contributed by atoms with Gasteiger partial charge in [0.2, 0.25) is 5.91 Å². The van der Waals surface area contributed by atoms with Gasteiger partial charge in [-0.15, -0.1) is 12.4 Å². The second-order valence-electron chi connectivity index (χ2n) is 7.34. The molecule has 2 unspecified atom stereocenters.